The molecule has 5 saturated carbocycles. The highest BCUT2D eigenvalue weighted by atomic mass is 17.2. The maximum absolute atomic E-state index is 10.9. The van der Waals surface area contributed by atoms with Crippen molar-refractivity contribution in [2.75, 3.05) is 39.8 Å². The zero-order valence-electron chi connectivity index (χ0n) is 21.4. The molecule has 0 heterocycles. The second-order valence-corrected chi connectivity index (χ2v) is 11.5. The van der Waals surface area contributed by atoms with Crippen LogP contribution in [0.25, 0.3) is 0 Å². The predicted molar refractivity (Wildman–Crippen MR) is 136 cm³/mol. The second-order valence-electron chi connectivity index (χ2n) is 11.5. The normalized spacial score (nSPS) is 33.8. The van der Waals surface area contributed by atoms with E-state index >= 15 is 0 Å². The van der Waals surface area contributed by atoms with Crippen molar-refractivity contribution in [3.8, 4) is 5.75 Å². The summed E-state index contributed by atoms with van der Waals surface area (Å²) >= 11 is 0. The summed E-state index contributed by atoms with van der Waals surface area (Å²) < 4.78 is 5.94. The van der Waals surface area contributed by atoms with Gasteiger partial charge in [-0.15, -0.1) is 0 Å². The standard InChI is InChI=1S/C29H44N2O4/c1-30-10-11-31(12-14-32)13-15-33-27-6-2-23(3-7-27)24-4-8-28(9-5-24)34-35-29-25-17-21-16-22(19-25)20-26(29)18-21/h2-3,6-7,14,21-22,24-26,28-30H,4-5,8-13,15-20H2,1H3. The molecule has 0 atom stereocenters. The van der Waals surface area contributed by atoms with Gasteiger partial charge < -0.3 is 14.8 Å². The molecule has 5 fully saturated rings. The molecule has 6 nitrogen and oxygen atoms in total. The van der Waals surface area contributed by atoms with Gasteiger partial charge in [0.15, 0.2) is 0 Å². The molecule has 0 saturated heterocycles. The molecule has 194 valence electrons. The lowest BCUT2D eigenvalue weighted by molar-refractivity contribution is -0.383. The molecule has 6 rings (SSSR count). The van der Waals surface area contributed by atoms with E-state index in [1.54, 1.807) is 0 Å². The van der Waals surface area contributed by atoms with E-state index < -0.39 is 0 Å². The van der Waals surface area contributed by atoms with E-state index in [1.165, 1.54) is 37.7 Å². The molecular weight excluding hydrogens is 440 g/mol. The van der Waals surface area contributed by atoms with E-state index in [2.05, 4.69) is 34.5 Å². The first-order valence-electron chi connectivity index (χ1n) is 14.1. The quantitative estimate of drug-likeness (QED) is 0.251. The molecule has 0 spiro atoms. The summed E-state index contributed by atoms with van der Waals surface area (Å²) in [6.07, 6.45) is 13.0. The zero-order valence-corrected chi connectivity index (χ0v) is 21.4. The SMILES string of the molecule is CNCCN(CC=O)CCOc1ccc(C2CCC(OOC3C4CC5CC(C4)CC3C5)CC2)cc1. The van der Waals surface area contributed by atoms with E-state index in [-0.39, 0.29) is 6.10 Å². The topological polar surface area (TPSA) is 60.0 Å². The molecule has 6 heteroatoms. The van der Waals surface area contributed by atoms with Crippen molar-refractivity contribution >= 4 is 6.29 Å². The third kappa shape index (κ3) is 6.46. The van der Waals surface area contributed by atoms with Gasteiger partial charge >= 0.3 is 0 Å². The lowest BCUT2D eigenvalue weighted by Gasteiger charge is -2.53. The molecule has 0 amide bonds. The van der Waals surface area contributed by atoms with Gasteiger partial charge in [0.25, 0.3) is 0 Å². The minimum Gasteiger partial charge on any atom is -0.492 e. The monoisotopic (exact) mass is 484 g/mol. The number of ether oxygens (including phenoxy) is 1. The molecule has 5 aliphatic carbocycles. The van der Waals surface area contributed by atoms with Crippen LogP contribution in [0.3, 0.4) is 0 Å². The Labute approximate surface area is 211 Å². The fraction of sp³-hybridized carbons (Fsp3) is 0.759. The van der Waals surface area contributed by atoms with Crippen LogP contribution in [0.1, 0.15) is 69.3 Å². The summed E-state index contributed by atoms with van der Waals surface area (Å²) in [6.45, 7) is 3.49. The molecule has 1 aromatic carbocycles. The third-order valence-electron chi connectivity index (χ3n) is 9.16. The van der Waals surface area contributed by atoms with E-state index in [1.807, 2.05) is 7.05 Å². The minimum absolute atomic E-state index is 0.253. The average Bonchev–Trinajstić information content (AvgIpc) is 2.87. The van der Waals surface area contributed by atoms with E-state index in [9.17, 15) is 4.79 Å². The number of likely N-dealkylation sites (N-methyl/N-ethyl adjacent to an activating group) is 1. The molecule has 0 aromatic heterocycles. The van der Waals surface area contributed by atoms with Gasteiger partial charge in [-0.1, -0.05) is 12.1 Å². The number of hydrogen-bond acceptors (Lipinski definition) is 6. The van der Waals surface area contributed by atoms with Gasteiger partial charge in [-0.25, -0.2) is 9.78 Å². The van der Waals surface area contributed by atoms with Gasteiger partial charge in [-0.2, -0.15) is 0 Å². The molecule has 4 bridgehead atoms. The summed E-state index contributed by atoms with van der Waals surface area (Å²) in [6, 6.07) is 8.61. The summed E-state index contributed by atoms with van der Waals surface area (Å²) in [5.41, 5.74) is 1.40. The molecule has 0 radical (unpaired) electrons. The van der Waals surface area contributed by atoms with Crippen LogP contribution in [0, 0.1) is 23.7 Å². The number of benzene rings is 1. The summed E-state index contributed by atoms with van der Waals surface area (Å²) in [7, 11) is 1.92. The van der Waals surface area contributed by atoms with Crippen molar-refractivity contribution < 1.29 is 19.3 Å². The fourth-order valence-corrected chi connectivity index (χ4v) is 7.47. The lowest BCUT2D eigenvalue weighted by atomic mass is 9.55. The minimum atomic E-state index is 0.253. The molecule has 5 aliphatic rings. The molecule has 0 unspecified atom stereocenters. The Morgan fingerprint density at radius 2 is 1.60 bits per heavy atom. The predicted octanol–water partition coefficient (Wildman–Crippen LogP) is 4.58. The Morgan fingerprint density at radius 3 is 2.23 bits per heavy atom. The summed E-state index contributed by atoms with van der Waals surface area (Å²) in [4.78, 5) is 25.2. The van der Waals surface area contributed by atoms with Crippen LogP contribution in [0.2, 0.25) is 0 Å². The van der Waals surface area contributed by atoms with E-state index in [4.69, 9.17) is 14.5 Å². The number of carbonyl (C=O) groups is 1. The number of carbonyl (C=O) groups excluding carboxylic acids is 1. The Bertz CT molecular complexity index is 764. The molecule has 35 heavy (non-hydrogen) atoms. The van der Waals surface area contributed by atoms with Crippen LogP contribution in [0.5, 0.6) is 5.75 Å². The maximum atomic E-state index is 10.9. The number of nitrogens with one attached hydrogen (secondary N) is 1. The van der Waals surface area contributed by atoms with Crippen LogP contribution in [0.15, 0.2) is 24.3 Å². The van der Waals surface area contributed by atoms with Crippen LogP contribution >= 0.6 is 0 Å². The first kappa shape index (κ1) is 25.2. The van der Waals surface area contributed by atoms with Crippen LogP contribution < -0.4 is 10.1 Å². The Morgan fingerprint density at radius 1 is 0.914 bits per heavy atom. The Hall–Kier alpha value is -1.47. The van der Waals surface area contributed by atoms with Crippen molar-refractivity contribution in [2.45, 2.75) is 75.9 Å². The number of nitrogens with zero attached hydrogens (tertiary/aromatic N) is 1. The number of aldehydes is 1. The number of rotatable bonds is 13. The van der Waals surface area contributed by atoms with Gasteiger partial charge in [-0.05, 0) is 112 Å². The smallest absolute Gasteiger partial charge is 0.133 e. The van der Waals surface area contributed by atoms with Crippen molar-refractivity contribution in [2.24, 2.45) is 23.7 Å². The zero-order chi connectivity index (χ0) is 24.0. The highest BCUT2D eigenvalue weighted by Gasteiger charge is 2.49. The Balaban J connectivity index is 1.01. The Kier molecular flexibility index (Phi) is 8.77. The lowest BCUT2D eigenvalue weighted by Crippen LogP contribution is -2.49. The first-order valence-corrected chi connectivity index (χ1v) is 14.1. The van der Waals surface area contributed by atoms with Gasteiger partial charge in [0.2, 0.25) is 0 Å². The van der Waals surface area contributed by atoms with Crippen molar-refractivity contribution in [1.82, 2.24) is 10.2 Å². The van der Waals surface area contributed by atoms with E-state index in [0.29, 0.717) is 25.2 Å². The maximum Gasteiger partial charge on any atom is 0.133 e. The second kappa shape index (κ2) is 12.2. The summed E-state index contributed by atoms with van der Waals surface area (Å²) in [5, 5.41) is 3.12. The van der Waals surface area contributed by atoms with Gasteiger partial charge in [-0.3, -0.25) is 4.90 Å². The molecular formula is C29H44N2O4. The van der Waals surface area contributed by atoms with Gasteiger partial charge in [0.05, 0.1) is 18.8 Å². The third-order valence-corrected chi connectivity index (χ3v) is 9.16. The van der Waals surface area contributed by atoms with Crippen LogP contribution in [0.4, 0.5) is 0 Å². The van der Waals surface area contributed by atoms with Crippen LogP contribution in [-0.2, 0) is 14.6 Å². The van der Waals surface area contributed by atoms with Gasteiger partial charge in [0, 0.05) is 19.6 Å². The van der Waals surface area contributed by atoms with Crippen molar-refractivity contribution in [1.29, 1.82) is 0 Å². The largest absolute Gasteiger partial charge is 0.492 e. The summed E-state index contributed by atoms with van der Waals surface area (Å²) in [5.74, 6) is 4.95. The highest BCUT2D eigenvalue weighted by Crippen LogP contribution is 2.54. The highest BCUT2D eigenvalue weighted by molar-refractivity contribution is 5.51. The molecule has 1 N–H and O–H groups in total. The first-order chi connectivity index (χ1) is 17.2. The van der Waals surface area contributed by atoms with Crippen molar-refractivity contribution in [3.63, 3.8) is 0 Å². The molecule has 0 aliphatic heterocycles. The number of hydrogen-bond donors (Lipinski definition) is 1. The van der Waals surface area contributed by atoms with E-state index in [0.717, 1.165) is 81.0 Å². The average molecular weight is 485 g/mol. The van der Waals surface area contributed by atoms with Crippen LogP contribution in [-0.4, -0.2) is 63.2 Å². The van der Waals surface area contributed by atoms with Gasteiger partial charge in [0.1, 0.15) is 18.6 Å². The fourth-order valence-electron chi connectivity index (χ4n) is 7.47. The van der Waals surface area contributed by atoms with Crippen molar-refractivity contribution in [3.05, 3.63) is 29.8 Å². The molecule has 1 aromatic rings.